The van der Waals surface area contributed by atoms with Gasteiger partial charge in [-0.1, -0.05) is 12.2 Å². The molecule has 64 valence electrons. The van der Waals surface area contributed by atoms with Crippen molar-refractivity contribution in [3.8, 4) is 0 Å². The molecular formula is C10H12IN. The highest BCUT2D eigenvalue weighted by atomic mass is 127. The first-order valence-electron chi connectivity index (χ1n) is 3.83. The molecule has 1 aromatic rings. The minimum Gasteiger partial charge on any atom is -0.381 e. The molecule has 0 atom stereocenters. The Bertz CT molecular complexity index is 350. The van der Waals surface area contributed by atoms with Crippen LogP contribution >= 0.6 is 22.6 Å². The second kappa shape index (κ2) is 3.09. The van der Waals surface area contributed by atoms with Gasteiger partial charge in [0, 0.05) is 18.7 Å². The lowest BCUT2D eigenvalue weighted by Gasteiger charge is -2.14. The number of anilines is 1. The van der Waals surface area contributed by atoms with Crippen molar-refractivity contribution in [3.05, 3.63) is 39.8 Å². The molecule has 1 aliphatic heterocycles. The first-order chi connectivity index (χ1) is 5.77. The van der Waals surface area contributed by atoms with Crippen LogP contribution in [0.5, 0.6) is 0 Å². The fourth-order valence-corrected chi connectivity index (χ4v) is 1.75. The topological polar surface area (TPSA) is 12.0 Å². The fraction of sp³-hybridized carbons (Fsp3) is 0.100. The number of hydrogen-bond acceptors (Lipinski definition) is 1. The summed E-state index contributed by atoms with van der Waals surface area (Å²) in [5, 5.41) is 3.31. The zero-order valence-electron chi connectivity index (χ0n) is 7.60. The summed E-state index contributed by atoms with van der Waals surface area (Å²) in [4.78, 5) is 0. The van der Waals surface area contributed by atoms with Gasteiger partial charge in [0.05, 0.1) is 0 Å². The Morgan fingerprint density at radius 3 is 3.25 bits per heavy atom. The van der Waals surface area contributed by atoms with Crippen LogP contribution in [-0.4, -0.2) is 6.54 Å². The predicted octanol–water partition coefficient (Wildman–Crippen LogP) is 3.27. The van der Waals surface area contributed by atoms with E-state index in [4.69, 9.17) is 0 Å². The molecule has 1 aliphatic rings. The van der Waals surface area contributed by atoms with Gasteiger partial charge in [-0.05, 0) is 52.8 Å². The van der Waals surface area contributed by atoms with Crippen LogP contribution in [0.1, 0.15) is 14.0 Å². The van der Waals surface area contributed by atoms with Gasteiger partial charge in [0.1, 0.15) is 0 Å². The Hall–Kier alpha value is -0.510. The van der Waals surface area contributed by atoms with Crippen LogP contribution in [0.15, 0.2) is 18.2 Å². The number of hydrogen-bond donors (Lipinski definition) is 1. The summed E-state index contributed by atoms with van der Waals surface area (Å²) in [6, 6.07) is 4.25. The van der Waals surface area contributed by atoms with Crippen LogP contribution in [0.25, 0.3) is 6.08 Å². The lowest BCUT2D eigenvalue weighted by atomic mass is 10.1. The van der Waals surface area contributed by atoms with Crippen LogP contribution < -0.4 is 5.32 Å². The van der Waals surface area contributed by atoms with E-state index in [-0.39, 0.29) is 2.85 Å². The third-order valence-corrected chi connectivity index (χ3v) is 2.93. The molecule has 0 bridgehead atoms. The Kier molecular flexibility index (Phi) is 2.09. The summed E-state index contributed by atoms with van der Waals surface area (Å²) in [5.74, 6) is 0. The SMILES string of the molecule is [CH2]c1cc2c(cc1I)NCC=C2.[HH].[H]. The summed E-state index contributed by atoms with van der Waals surface area (Å²) in [6.45, 7) is 4.89. The van der Waals surface area contributed by atoms with E-state index in [0.29, 0.717) is 0 Å². The Balaban J connectivity index is 0.000000845. The molecule has 0 unspecified atom stereocenters. The minimum absolute atomic E-state index is 0. The largest absolute Gasteiger partial charge is 0.381 e. The number of benzene rings is 1. The lowest BCUT2D eigenvalue weighted by molar-refractivity contribution is 1.30. The molecule has 0 amide bonds. The Morgan fingerprint density at radius 1 is 1.58 bits per heavy atom. The first-order valence-corrected chi connectivity index (χ1v) is 4.91. The molecule has 0 saturated carbocycles. The third-order valence-electron chi connectivity index (χ3n) is 1.93. The normalized spacial score (nSPS) is 13.8. The smallest absolute Gasteiger partial charge is 0.0426 e. The van der Waals surface area contributed by atoms with Crippen LogP contribution in [0, 0.1) is 10.5 Å². The fourth-order valence-electron chi connectivity index (χ4n) is 1.28. The molecule has 1 N–H and O–H groups in total. The van der Waals surface area contributed by atoms with Crippen molar-refractivity contribution in [1.29, 1.82) is 0 Å². The minimum atomic E-state index is 0. The van der Waals surface area contributed by atoms with Crippen molar-refractivity contribution in [2.75, 3.05) is 11.9 Å². The van der Waals surface area contributed by atoms with Crippen molar-refractivity contribution in [1.82, 2.24) is 0 Å². The molecule has 0 spiro atoms. The van der Waals surface area contributed by atoms with Gasteiger partial charge in [-0.25, -0.2) is 0 Å². The van der Waals surface area contributed by atoms with Crippen LogP contribution in [0.3, 0.4) is 0 Å². The molecule has 12 heavy (non-hydrogen) atoms. The highest BCUT2D eigenvalue weighted by Gasteiger charge is 2.05. The van der Waals surface area contributed by atoms with Gasteiger partial charge in [0.2, 0.25) is 0 Å². The van der Waals surface area contributed by atoms with Gasteiger partial charge in [-0.3, -0.25) is 0 Å². The zero-order chi connectivity index (χ0) is 8.55. The molecule has 2 heteroatoms. The van der Waals surface area contributed by atoms with E-state index in [1.54, 1.807) is 0 Å². The van der Waals surface area contributed by atoms with Gasteiger partial charge in [-0.2, -0.15) is 0 Å². The zero-order valence-corrected chi connectivity index (χ0v) is 8.76. The van der Waals surface area contributed by atoms with E-state index in [1.807, 2.05) is 0 Å². The highest BCUT2D eigenvalue weighted by Crippen LogP contribution is 2.25. The Morgan fingerprint density at radius 2 is 2.42 bits per heavy atom. The van der Waals surface area contributed by atoms with E-state index in [0.717, 1.165) is 12.1 Å². The number of fused-ring (bicyclic) bond motifs is 1. The standard InChI is InChI=1S/C10H9IN.H2.H/c1-7-5-8-3-2-4-12-10(8)6-9(7)11;;/h2-3,5-6,12H,1,4H2;1H;. The monoisotopic (exact) mass is 273 g/mol. The molecule has 0 aromatic heterocycles. The van der Waals surface area contributed by atoms with Gasteiger partial charge < -0.3 is 5.32 Å². The summed E-state index contributed by atoms with van der Waals surface area (Å²) < 4.78 is 1.22. The molecule has 1 nitrogen and oxygen atoms in total. The highest BCUT2D eigenvalue weighted by molar-refractivity contribution is 14.1. The summed E-state index contributed by atoms with van der Waals surface area (Å²) in [6.07, 6.45) is 4.26. The van der Waals surface area contributed by atoms with Crippen molar-refractivity contribution >= 4 is 34.4 Å². The van der Waals surface area contributed by atoms with Crippen molar-refractivity contribution in [2.45, 2.75) is 0 Å². The van der Waals surface area contributed by atoms with Gasteiger partial charge in [0.25, 0.3) is 0 Å². The number of rotatable bonds is 0. The molecule has 1 heterocycles. The molecule has 2 radical (unpaired) electrons. The Labute approximate surface area is 89.0 Å². The molecule has 0 saturated heterocycles. The average Bonchev–Trinajstić information content (AvgIpc) is 2.07. The van der Waals surface area contributed by atoms with Crippen LogP contribution in [-0.2, 0) is 0 Å². The third kappa shape index (κ3) is 1.35. The molecular weight excluding hydrogens is 261 g/mol. The summed E-state index contributed by atoms with van der Waals surface area (Å²) >= 11 is 2.30. The predicted molar refractivity (Wildman–Crippen MR) is 64.4 cm³/mol. The van der Waals surface area contributed by atoms with Gasteiger partial charge >= 0.3 is 0 Å². The maximum atomic E-state index is 3.96. The van der Waals surface area contributed by atoms with E-state index in [1.165, 1.54) is 14.8 Å². The molecule has 0 fully saturated rings. The first kappa shape index (κ1) is 8.10. The molecule has 0 aliphatic carbocycles. The van der Waals surface area contributed by atoms with Crippen molar-refractivity contribution < 1.29 is 2.85 Å². The van der Waals surface area contributed by atoms with E-state index < -0.39 is 0 Å². The number of halogens is 1. The van der Waals surface area contributed by atoms with Crippen LogP contribution in [0.2, 0.25) is 0 Å². The summed E-state index contributed by atoms with van der Waals surface area (Å²) in [5.41, 5.74) is 3.56. The maximum absolute atomic E-state index is 3.96. The second-order valence-corrected chi connectivity index (χ2v) is 3.98. The van der Waals surface area contributed by atoms with E-state index in [2.05, 4.69) is 59.1 Å². The van der Waals surface area contributed by atoms with E-state index >= 15 is 0 Å². The van der Waals surface area contributed by atoms with E-state index in [9.17, 15) is 0 Å². The quantitative estimate of drug-likeness (QED) is 0.715. The average molecular weight is 273 g/mol. The molecule has 1 aromatic carbocycles. The van der Waals surface area contributed by atoms with Gasteiger partial charge in [0.15, 0.2) is 0 Å². The maximum Gasteiger partial charge on any atom is 0.0426 e. The van der Waals surface area contributed by atoms with Crippen molar-refractivity contribution in [3.63, 3.8) is 0 Å². The second-order valence-electron chi connectivity index (χ2n) is 2.81. The summed E-state index contributed by atoms with van der Waals surface area (Å²) in [7, 11) is 0. The lowest BCUT2D eigenvalue weighted by Crippen LogP contribution is -2.04. The molecule has 2 rings (SSSR count). The number of nitrogens with one attached hydrogen (secondary N) is 1. The van der Waals surface area contributed by atoms with Crippen LogP contribution in [0.4, 0.5) is 5.69 Å². The van der Waals surface area contributed by atoms with Gasteiger partial charge in [-0.15, -0.1) is 0 Å². The van der Waals surface area contributed by atoms with Crippen molar-refractivity contribution in [2.24, 2.45) is 0 Å².